The van der Waals surface area contributed by atoms with Crippen molar-refractivity contribution < 1.29 is 14.6 Å². The third kappa shape index (κ3) is 4.35. The van der Waals surface area contributed by atoms with Crippen LogP contribution in [0.3, 0.4) is 0 Å². The maximum Gasteiger partial charge on any atom is 0.302 e. The molecule has 1 saturated carbocycles. The fraction of sp³-hybridized carbons (Fsp3) is 0.769. The van der Waals surface area contributed by atoms with E-state index >= 15 is 0 Å². The van der Waals surface area contributed by atoms with Crippen molar-refractivity contribution in [1.82, 2.24) is 0 Å². The molecule has 0 spiro atoms. The molecule has 0 aromatic carbocycles. The monoisotopic (exact) mass is 226 g/mol. The fourth-order valence-corrected chi connectivity index (χ4v) is 1.94. The predicted molar refractivity (Wildman–Crippen MR) is 62.9 cm³/mol. The Kier molecular flexibility index (Phi) is 5.53. The van der Waals surface area contributed by atoms with Crippen molar-refractivity contribution in [1.29, 1.82) is 0 Å². The number of esters is 1. The summed E-state index contributed by atoms with van der Waals surface area (Å²) in [5, 5.41) is 8.86. The number of aliphatic hydroxyl groups excluding tert-OH is 1. The molecule has 0 unspecified atom stereocenters. The molecule has 1 rings (SSSR count). The Balaban J connectivity index is 2.18. The normalized spacial score (nSPS) is 26.4. The molecule has 1 aliphatic rings. The number of allylic oxidation sites excluding steroid dienone is 1. The van der Waals surface area contributed by atoms with E-state index in [1.165, 1.54) is 19.8 Å². The summed E-state index contributed by atoms with van der Waals surface area (Å²) in [7, 11) is 0. The highest BCUT2D eigenvalue weighted by atomic mass is 16.5. The van der Waals surface area contributed by atoms with Gasteiger partial charge in [-0.3, -0.25) is 4.79 Å². The first-order chi connectivity index (χ1) is 7.63. The SMILES string of the molecule is CC(=O)OC[C@@H]1CC[C@@H]1C/C=C\[C@H](C)CO. The molecule has 1 aliphatic carbocycles. The minimum atomic E-state index is -0.185. The molecule has 0 aromatic rings. The Labute approximate surface area is 97.5 Å². The molecule has 3 nitrogen and oxygen atoms in total. The lowest BCUT2D eigenvalue weighted by Gasteiger charge is -2.35. The minimum Gasteiger partial charge on any atom is -0.466 e. The first-order valence-electron chi connectivity index (χ1n) is 6.04. The molecule has 1 N–H and O–H groups in total. The highest BCUT2D eigenvalue weighted by Gasteiger charge is 2.30. The number of rotatable bonds is 6. The zero-order valence-corrected chi connectivity index (χ0v) is 10.2. The van der Waals surface area contributed by atoms with Gasteiger partial charge in [-0.25, -0.2) is 0 Å². The van der Waals surface area contributed by atoms with E-state index in [0.717, 1.165) is 6.42 Å². The minimum absolute atomic E-state index is 0.185. The zero-order valence-electron chi connectivity index (χ0n) is 10.2. The van der Waals surface area contributed by atoms with Crippen LogP contribution in [0.1, 0.15) is 33.1 Å². The average molecular weight is 226 g/mol. The Bertz CT molecular complexity index is 248. The van der Waals surface area contributed by atoms with E-state index in [1.807, 2.05) is 6.92 Å². The van der Waals surface area contributed by atoms with Gasteiger partial charge in [0.25, 0.3) is 0 Å². The Hall–Kier alpha value is -0.830. The van der Waals surface area contributed by atoms with Gasteiger partial charge in [0.1, 0.15) is 0 Å². The largest absolute Gasteiger partial charge is 0.466 e. The standard InChI is InChI=1S/C13H22O3/c1-10(8-14)4-3-5-12-6-7-13(12)9-16-11(2)15/h3-4,10,12-14H,5-9H2,1-2H3/b4-3-/t10-,12-,13-/m0/s1. The van der Waals surface area contributed by atoms with E-state index in [4.69, 9.17) is 9.84 Å². The maximum absolute atomic E-state index is 10.7. The summed E-state index contributed by atoms with van der Waals surface area (Å²) < 4.78 is 5.02. The molecule has 3 heteroatoms. The molecule has 0 radical (unpaired) electrons. The smallest absolute Gasteiger partial charge is 0.302 e. The molecule has 0 aromatic heterocycles. The van der Waals surface area contributed by atoms with Crippen molar-refractivity contribution in [2.45, 2.75) is 33.1 Å². The molecule has 0 bridgehead atoms. The van der Waals surface area contributed by atoms with Crippen molar-refractivity contribution in [2.24, 2.45) is 17.8 Å². The molecule has 0 saturated heterocycles. The first kappa shape index (κ1) is 13.2. The van der Waals surface area contributed by atoms with Crippen LogP contribution in [0.15, 0.2) is 12.2 Å². The van der Waals surface area contributed by atoms with Crippen LogP contribution in [-0.4, -0.2) is 24.3 Å². The zero-order chi connectivity index (χ0) is 12.0. The van der Waals surface area contributed by atoms with Gasteiger partial charge in [-0.15, -0.1) is 0 Å². The lowest BCUT2D eigenvalue weighted by Crippen LogP contribution is -2.30. The lowest BCUT2D eigenvalue weighted by molar-refractivity contribution is -0.144. The first-order valence-corrected chi connectivity index (χ1v) is 6.04. The van der Waals surface area contributed by atoms with E-state index in [9.17, 15) is 4.79 Å². The van der Waals surface area contributed by atoms with Gasteiger partial charge in [0.2, 0.25) is 0 Å². The van der Waals surface area contributed by atoms with Gasteiger partial charge in [-0.05, 0) is 37.0 Å². The van der Waals surface area contributed by atoms with E-state index < -0.39 is 0 Å². The summed E-state index contributed by atoms with van der Waals surface area (Å²) in [4.78, 5) is 10.7. The number of carbonyl (C=O) groups is 1. The van der Waals surface area contributed by atoms with Gasteiger partial charge in [0.15, 0.2) is 0 Å². The van der Waals surface area contributed by atoms with E-state index in [-0.39, 0.29) is 18.5 Å². The average Bonchev–Trinajstić information content (AvgIpc) is 2.22. The van der Waals surface area contributed by atoms with Gasteiger partial charge in [-0.1, -0.05) is 19.1 Å². The van der Waals surface area contributed by atoms with E-state index in [1.54, 1.807) is 0 Å². The molecule has 1 fully saturated rings. The third-order valence-corrected chi connectivity index (χ3v) is 3.27. The number of aliphatic hydroxyl groups is 1. The molecule has 0 amide bonds. The van der Waals surface area contributed by atoms with Gasteiger partial charge < -0.3 is 9.84 Å². The lowest BCUT2D eigenvalue weighted by atomic mass is 9.72. The van der Waals surface area contributed by atoms with Gasteiger partial charge in [0.05, 0.1) is 6.61 Å². The molecular formula is C13H22O3. The van der Waals surface area contributed by atoms with Crippen LogP contribution in [-0.2, 0) is 9.53 Å². The van der Waals surface area contributed by atoms with Crippen molar-refractivity contribution >= 4 is 5.97 Å². The summed E-state index contributed by atoms with van der Waals surface area (Å²) in [6.45, 7) is 4.23. The fourth-order valence-electron chi connectivity index (χ4n) is 1.94. The van der Waals surface area contributed by atoms with Crippen LogP contribution >= 0.6 is 0 Å². The van der Waals surface area contributed by atoms with E-state index in [0.29, 0.717) is 18.4 Å². The molecule has 16 heavy (non-hydrogen) atoms. The molecule has 92 valence electrons. The highest BCUT2D eigenvalue weighted by molar-refractivity contribution is 5.65. The molecule has 3 atom stereocenters. The van der Waals surface area contributed by atoms with Crippen LogP contribution in [0.5, 0.6) is 0 Å². The van der Waals surface area contributed by atoms with Crippen molar-refractivity contribution in [3.8, 4) is 0 Å². The maximum atomic E-state index is 10.7. The summed E-state index contributed by atoms with van der Waals surface area (Å²) in [6, 6.07) is 0. The summed E-state index contributed by atoms with van der Waals surface area (Å²) in [5.41, 5.74) is 0. The molecular weight excluding hydrogens is 204 g/mol. The molecule has 0 aliphatic heterocycles. The molecule has 0 heterocycles. The second-order valence-electron chi connectivity index (χ2n) is 4.72. The second-order valence-corrected chi connectivity index (χ2v) is 4.72. The summed E-state index contributed by atoms with van der Waals surface area (Å²) in [6.07, 6.45) is 7.63. The van der Waals surface area contributed by atoms with Gasteiger partial charge >= 0.3 is 5.97 Å². The van der Waals surface area contributed by atoms with Crippen LogP contribution in [0.2, 0.25) is 0 Å². The number of hydrogen-bond donors (Lipinski definition) is 1. The van der Waals surface area contributed by atoms with Gasteiger partial charge in [0, 0.05) is 13.5 Å². The van der Waals surface area contributed by atoms with Crippen molar-refractivity contribution in [2.75, 3.05) is 13.2 Å². The third-order valence-electron chi connectivity index (χ3n) is 3.27. The Morgan fingerprint density at radius 3 is 2.69 bits per heavy atom. The quantitative estimate of drug-likeness (QED) is 0.557. The van der Waals surface area contributed by atoms with Crippen molar-refractivity contribution in [3.63, 3.8) is 0 Å². The van der Waals surface area contributed by atoms with E-state index in [2.05, 4.69) is 12.2 Å². The van der Waals surface area contributed by atoms with Crippen molar-refractivity contribution in [3.05, 3.63) is 12.2 Å². The Morgan fingerprint density at radius 1 is 1.50 bits per heavy atom. The number of ether oxygens (including phenoxy) is 1. The van der Waals surface area contributed by atoms with Crippen LogP contribution in [0.4, 0.5) is 0 Å². The topological polar surface area (TPSA) is 46.5 Å². The van der Waals surface area contributed by atoms with Gasteiger partial charge in [-0.2, -0.15) is 0 Å². The summed E-state index contributed by atoms with van der Waals surface area (Å²) >= 11 is 0. The number of carbonyl (C=O) groups excluding carboxylic acids is 1. The van der Waals surface area contributed by atoms with Crippen LogP contribution < -0.4 is 0 Å². The predicted octanol–water partition coefficient (Wildman–Crippen LogP) is 2.15. The number of hydrogen-bond acceptors (Lipinski definition) is 3. The Morgan fingerprint density at radius 2 is 2.19 bits per heavy atom. The highest BCUT2D eigenvalue weighted by Crippen LogP contribution is 2.37. The van der Waals surface area contributed by atoms with Crippen LogP contribution in [0.25, 0.3) is 0 Å². The second kappa shape index (κ2) is 6.69. The summed E-state index contributed by atoms with van der Waals surface area (Å²) in [5.74, 6) is 1.25. The van der Waals surface area contributed by atoms with Crippen LogP contribution in [0, 0.1) is 17.8 Å².